The quantitative estimate of drug-likeness (QED) is 0.304. The SMILES string of the molecule is Oc1ccccc1.Oc1ccccc1.Oc1ccccc1.Oc1ccccc1.[Si]. The van der Waals surface area contributed by atoms with Gasteiger partial charge in [0.2, 0.25) is 0 Å². The summed E-state index contributed by atoms with van der Waals surface area (Å²) in [5.74, 6) is 1.29. The molecular weight excluding hydrogens is 380 g/mol. The third kappa shape index (κ3) is 15.1. The first kappa shape index (κ1) is 25.3. The summed E-state index contributed by atoms with van der Waals surface area (Å²) in [5.41, 5.74) is 0. The van der Waals surface area contributed by atoms with Crippen LogP contribution in [0.15, 0.2) is 121 Å². The molecule has 0 amide bonds. The largest absolute Gasteiger partial charge is 0.508 e. The van der Waals surface area contributed by atoms with Crippen LogP contribution in [0.2, 0.25) is 0 Å². The molecule has 29 heavy (non-hydrogen) atoms. The van der Waals surface area contributed by atoms with E-state index in [1.807, 2.05) is 24.3 Å². The van der Waals surface area contributed by atoms with Gasteiger partial charge in [0.05, 0.1) is 0 Å². The number of hydrogen-bond donors (Lipinski definition) is 4. The summed E-state index contributed by atoms with van der Waals surface area (Å²) in [5, 5.41) is 34.5. The maximum absolute atomic E-state index is 8.63. The number of benzene rings is 4. The summed E-state index contributed by atoms with van der Waals surface area (Å²) in [4.78, 5) is 0. The van der Waals surface area contributed by atoms with E-state index in [9.17, 15) is 0 Å². The summed E-state index contributed by atoms with van der Waals surface area (Å²) in [6, 6.07) is 34.9. The number of para-hydroxylation sites is 4. The molecule has 0 saturated heterocycles. The van der Waals surface area contributed by atoms with Gasteiger partial charge in [-0.2, -0.15) is 0 Å². The van der Waals surface area contributed by atoms with Crippen molar-refractivity contribution in [1.82, 2.24) is 0 Å². The van der Waals surface area contributed by atoms with Crippen molar-refractivity contribution in [1.29, 1.82) is 0 Å². The molecule has 4 aromatic carbocycles. The van der Waals surface area contributed by atoms with Gasteiger partial charge in [0.15, 0.2) is 0 Å². The van der Waals surface area contributed by atoms with Crippen molar-refractivity contribution in [2.24, 2.45) is 0 Å². The van der Waals surface area contributed by atoms with Gasteiger partial charge < -0.3 is 20.4 Å². The second-order valence-corrected chi connectivity index (χ2v) is 5.34. The smallest absolute Gasteiger partial charge is 0.115 e. The first-order valence-corrected chi connectivity index (χ1v) is 8.54. The Labute approximate surface area is 176 Å². The van der Waals surface area contributed by atoms with Gasteiger partial charge >= 0.3 is 0 Å². The van der Waals surface area contributed by atoms with E-state index in [1.165, 1.54) is 0 Å². The topological polar surface area (TPSA) is 80.9 Å². The molecule has 0 spiro atoms. The molecule has 0 atom stereocenters. The minimum atomic E-state index is 0. The van der Waals surface area contributed by atoms with Crippen LogP contribution in [0.3, 0.4) is 0 Å². The van der Waals surface area contributed by atoms with Gasteiger partial charge in [0, 0.05) is 11.0 Å². The Balaban J connectivity index is 0.000000356. The number of phenolic OH excluding ortho intramolecular Hbond substituents is 4. The molecule has 0 unspecified atom stereocenters. The monoisotopic (exact) mass is 404 g/mol. The van der Waals surface area contributed by atoms with Crippen molar-refractivity contribution in [3.8, 4) is 23.0 Å². The van der Waals surface area contributed by atoms with Crippen molar-refractivity contribution in [2.45, 2.75) is 0 Å². The van der Waals surface area contributed by atoms with Gasteiger partial charge in [-0.25, -0.2) is 0 Å². The average Bonchev–Trinajstić information content (AvgIpc) is 2.72. The molecule has 0 saturated carbocycles. The van der Waals surface area contributed by atoms with E-state index >= 15 is 0 Å². The van der Waals surface area contributed by atoms with Gasteiger partial charge in [0.1, 0.15) is 23.0 Å². The number of aromatic hydroxyl groups is 4. The van der Waals surface area contributed by atoms with Crippen molar-refractivity contribution in [3.05, 3.63) is 121 Å². The molecule has 148 valence electrons. The molecule has 5 heteroatoms. The van der Waals surface area contributed by atoms with Crippen LogP contribution in [0.5, 0.6) is 23.0 Å². The third-order valence-corrected chi connectivity index (χ3v) is 3.02. The Hall–Kier alpha value is -3.70. The molecule has 0 aromatic heterocycles. The Morgan fingerprint density at radius 2 is 0.414 bits per heavy atom. The van der Waals surface area contributed by atoms with Crippen LogP contribution in [-0.2, 0) is 0 Å². The van der Waals surface area contributed by atoms with Crippen molar-refractivity contribution >= 4 is 11.0 Å². The first-order valence-electron chi connectivity index (χ1n) is 8.54. The summed E-state index contributed by atoms with van der Waals surface area (Å²) in [7, 11) is 0. The fraction of sp³-hybridized carbons (Fsp3) is 0. The predicted molar refractivity (Wildman–Crippen MR) is 118 cm³/mol. The second-order valence-electron chi connectivity index (χ2n) is 5.34. The van der Waals surface area contributed by atoms with Gasteiger partial charge in [-0.3, -0.25) is 0 Å². The summed E-state index contributed by atoms with van der Waals surface area (Å²) in [6.45, 7) is 0. The van der Waals surface area contributed by atoms with Gasteiger partial charge in [0.25, 0.3) is 0 Å². The van der Waals surface area contributed by atoms with Gasteiger partial charge in [-0.05, 0) is 48.5 Å². The second kappa shape index (κ2) is 16.5. The zero-order chi connectivity index (χ0) is 20.5. The lowest BCUT2D eigenvalue weighted by Crippen LogP contribution is -1.56. The molecule has 0 aliphatic carbocycles. The Kier molecular flexibility index (Phi) is 14.4. The van der Waals surface area contributed by atoms with Crippen LogP contribution in [-0.4, -0.2) is 31.4 Å². The summed E-state index contributed by atoms with van der Waals surface area (Å²) in [6.07, 6.45) is 0. The molecule has 4 rings (SSSR count). The molecule has 4 nitrogen and oxygen atoms in total. The molecule has 0 bridgehead atoms. The Morgan fingerprint density at radius 3 is 0.483 bits per heavy atom. The predicted octanol–water partition coefficient (Wildman–Crippen LogP) is 5.19. The van der Waals surface area contributed by atoms with Crippen LogP contribution >= 0.6 is 0 Å². The van der Waals surface area contributed by atoms with Crippen LogP contribution < -0.4 is 0 Å². The molecule has 4 aromatic rings. The zero-order valence-corrected chi connectivity index (χ0v) is 16.8. The van der Waals surface area contributed by atoms with E-state index in [2.05, 4.69) is 0 Å². The molecular formula is C24H24O4Si. The lowest BCUT2D eigenvalue weighted by molar-refractivity contribution is 0.475. The normalized spacial score (nSPS) is 8.28. The fourth-order valence-corrected chi connectivity index (χ4v) is 1.71. The highest BCUT2D eigenvalue weighted by Gasteiger charge is 1.76. The van der Waals surface area contributed by atoms with E-state index in [-0.39, 0.29) is 11.0 Å². The van der Waals surface area contributed by atoms with E-state index in [4.69, 9.17) is 20.4 Å². The number of hydrogen-bond acceptors (Lipinski definition) is 4. The lowest BCUT2D eigenvalue weighted by atomic mass is 10.3. The Bertz CT molecular complexity index is 693. The lowest BCUT2D eigenvalue weighted by Gasteiger charge is -1.82. The highest BCUT2D eigenvalue weighted by atomic mass is 28.1. The van der Waals surface area contributed by atoms with Crippen molar-refractivity contribution in [3.63, 3.8) is 0 Å². The van der Waals surface area contributed by atoms with Crippen LogP contribution in [0.1, 0.15) is 0 Å². The molecule has 0 heterocycles. The van der Waals surface area contributed by atoms with Gasteiger partial charge in [-0.15, -0.1) is 0 Å². The van der Waals surface area contributed by atoms with Crippen LogP contribution in [0, 0.1) is 0 Å². The zero-order valence-electron chi connectivity index (χ0n) is 15.8. The van der Waals surface area contributed by atoms with E-state index in [0.29, 0.717) is 23.0 Å². The fourth-order valence-electron chi connectivity index (χ4n) is 1.71. The third-order valence-electron chi connectivity index (χ3n) is 3.02. The Morgan fingerprint density at radius 1 is 0.276 bits per heavy atom. The number of rotatable bonds is 0. The van der Waals surface area contributed by atoms with E-state index in [0.717, 1.165) is 0 Å². The minimum Gasteiger partial charge on any atom is -0.508 e. The highest BCUT2D eigenvalue weighted by Crippen LogP contribution is 2.04. The van der Waals surface area contributed by atoms with Crippen LogP contribution in [0.25, 0.3) is 0 Å². The van der Waals surface area contributed by atoms with Crippen LogP contribution in [0.4, 0.5) is 0 Å². The van der Waals surface area contributed by atoms with E-state index < -0.39 is 0 Å². The first-order chi connectivity index (χ1) is 13.6. The maximum atomic E-state index is 8.63. The summed E-state index contributed by atoms with van der Waals surface area (Å²) < 4.78 is 0. The maximum Gasteiger partial charge on any atom is 0.115 e. The average molecular weight is 405 g/mol. The molecule has 4 N–H and O–H groups in total. The van der Waals surface area contributed by atoms with Gasteiger partial charge in [-0.1, -0.05) is 72.8 Å². The standard InChI is InChI=1S/4C6H6O.Si/c4*7-6-4-2-1-3-5-6;/h4*1-5,7H;. The number of phenols is 4. The molecule has 4 radical (unpaired) electrons. The highest BCUT2D eigenvalue weighted by molar-refractivity contribution is 5.75. The minimum absolute atomic E-state index is 0. The van der Waals surface area contributed by atoms with E-state index in [1.54, 1.807) is 97.1 Å². The molecule has 0 aliphatic rings. The molecule has 0 aliphatic heterocycles. The van der Waals surface area contributed by atoms with Crippen molar-refractivity contribution < 1.29 is 20.4 Å². The summed E-state index contributed by atoms with van der Waals surface area (Å²) >= 11 is 0. The van der Waals surface area contributed by atoms with Crippen molar-refractivity contribution in [2.75, 3.05) is 0 Å². The molecule has 0 fully saturated rings.